The van der Waals surface area contributed by atoms with Gasteiger partial charge in [0.2, 0.25) is 5.91 Å². The van der Waals surface area contributed by atoms with Crippen LogP contribution in [0.15, 0.2) is 24.3 Å². The summed E-state index contributed by atoms with van der Waals surface area (Å²) in [4.78, 5) is 36.2. The molecule has 4 rings (SSSR count). The SMILES string of the molecule is CC1(C)CC2CC(C)(CN2C(=O)c2ccc(NC(=O)C3CCCCC3)cc2)C1.O=C(O)O. The fraction of sp³-hybridized carbons (Fsp3) is 0.640. The van der Waals surface area contributed by atoms with Crippen molar-refractivity contribution in [1.82, 2.24) is 4.90 Å². The molecule has 7 nitrogen and oxygen atoms in total. The van der Waals surface area contributed by atoms with Crippen LogP contribution in [0.2, 0.25) is 0 Å². The standard InChI is InChI=1S/C24H34N2O2.CH2O3/c1-23(2)13-20-14-24(3,15-23)16-26(20)22(28)18-9-11-19(12-10-18)25-21(27)17-7-5-4-6-8-17;2-1(3)4/h9-12,17,20H,4-8,13-16H2,1-3H3,(H,25,27);(H2,2,3,4). The molecule has 3 fully saturated rings. The second kappa shape index (κ2) is 9.51. The molecular formula is C25H36N2O5. The molecule has 176 valence electrons. The molecule has 2 bridgehead atoms. The molecular weight excluding hydrogens is 408 g/mol. The molecule has 0 spiro atoms. The zero-order valence-electron chi connectivity index (χ0n) is 19.4. The molecule has 2 unspecified atom stereocenters. The van der Waals surface area contributed by atoms with Crippen molar-refractivity contribution in [2.75, 3.05) is 11.9 Å². The maximum atomic E-state index is 13.2. The fourth-order valence-electron chi connectivity index (χ4n) is 6.17. The number of carbonyl (C=O) groups is 3. The molecule has 3 N–H and O–H groups in total. The summed E-state index contributed by atoms with van der Waals surface area (Å²) in [6.07, 6.45) is 7.10. The number of anilines is 1. The number of likely N-dealkylation sites (tertiary alicyclic amines) is 1. The number of rotatable bonds is 3. The highest BCUT2D eigenvalue weighted by atomic mass is 16.6. The molecule has 1 aromatic carbocycles. The van der Waals surface area contributed by atoms with Gasteiger partial charge in [0.1, 0.15) is 0 Å². The topological polar surface area (TPSA) is 107 Å². The minimum absolute atomic E-state index is 0.127. The van der Waals surface area contributed by atoms with Crippen molar-refractivity contribution in [3.63, 3.8) is 0 Å². The van der Waals surface area contributed by atoms with E-state index in [0.717, 1.165) is 56.3 Å². The van der Waals surface area contributed by atoms with E-state index in [-0.39, 0.29) is 23.1 Å². The molecule has 1 saturated heterocycles. The smallest absolute Gasteiger partial charge is 0.450 e. The van der Waals surface area contributed by atoms with Crippen molar-refractivity contribution >= 4 is 23.7 Å². The van der Waals surface area contributed by atoms with Gasteiger partial charge in [-0.3, -0.25) is 9.59 Å². The van der Waals surface area contributed by atoms with Crippen LogP contribution in [-0.2, 0) is 4.79 Å². The second-order valence-electron chi connectivity index (χ2n) is 10.8. The Morgan fingerprint density at radius 1 is 0.969 bits per heavy atom. The minimum atomic E-state index is -1.83. The van der Waals surface area contributed by atoms with E-state index < -0.39 is 6.16 Å². The van der Waals surface area contributed by atoms with Gasteiger partial charge in [-0.25, -0.2) is 4.79 Å². The van der Waals surface area contributed by atoms with E-state index >= 15 is 0 Å². The lowest BCUT2D eigenvalue weighted by atomic mass is 9.65. The largest absolute Gasteiger partial charge is 0.503 e. The molecule has 0 aromatic heterocycles. The normalized spacial score (nSPS) is 26.6. The third-order valence-electron chi connectivity index (χ3n) is 7.05. The Morgan fingerprint density at radius 2 is 1.56 bits per heavy atom. The Labute approximate surface area is 190 Å². The molecule has 1 heterocycles. The van der Waals surface area contributed by atoms with E-state index in [0.29, 0.717) is 11.5 Å². The molecule has 2 saturated carbocycles. The van der Waals surface area contributed by atoms with Crippen molar-refractivity contribution in [3.8, 4) is 0 Å². The monoisotopic (exact) mass is 444 g/mol. The first kappa shape index (κ1) is 24.1. The quantitative estimate of drug-likeness (QED) is 0.573. The number of amides is 2. The van der Waals surface area contributed by atoms with Crippen molar-refractivity contribution in [2.24, 2.45) is 16.7 Å². The van der Waals surface area contributed by atoms with E-state index in [1.165, 1.54) is 12.8 Å². The molecule has 2 atom stereocenters. The Bertz CT molecular complexity index is 840. The van der Waals surface area contributed by atoms with E-state index in [1.807, 2.05) is 24.3 Å². The maximum Gasteiger partial charge on any atom is 0.503 e. The fourth-order valence-corrected chi connectivity index (χ4v) is 6.17. The van der Waals surface area contributed by atoms with Crippen LogP contribution < -0.4 is 5.32 Å². The molecule has 7 heteroatoms. The van der Waals surface area contributed by atoms with Crippen molar-refractivity contribution in [1.29, 1.82) is 0 Å². The van der Waals surface area contributed by atoms with E-state index in [9.17, 15) is 9.59 Å². The first-order valence-electron chi connectivity index (χ1n) is 11.6. The van der Waals surface area contributed by atoms with Crippen LogP contribution in [0.3, 0.4) is 0 Å². The summed E-state index contributed by atoms with van der Waals surface area (Å²) in [6, 6.07) is 7.85. The summed E-state index contributed by atoms with van der Waals surface area (Å²) >= 11 is 0. The van der Waals surface area contributed by atoms with Gasteiger partial charge in [-0.05, 0) is 67.2 Å². The molecule has 3 aliphatic rings. The maximum absolute atomic E-state index is 13.2. The zero-order valence-corrected chi connectivity index (χ0v) is 19.4. The van der Waals surface area contributed by atoms with Crippen molar-refractivity contribution in [2.45, 2.75) is 78.2 Å². The van der Waals surface area contributed by atoms with E-state index in [2.05, 4.69) is 31.0 Å². The van der Waals surface area contributed by atoms with Gasteiger partial charge in [-0.2, -0.15) is 0 Å². The van der Waals surface area contributed by atoms with Crippen LogP contribution in [0.5, 0.6) is 0 Å². The molecule has 1 aliphatic heterocycles. The number of hydrogen-bond donors (Lipinski definition) is 3. The van der Waals surface area contributed by atoms with Gasteiger partial charge in [0.15, 0.2) is 0 Å². The lowest BCUT2D eigenvalue weighted by Gasteiger charge is -2.39. The van der Waals surface area contributed by atoms with Gasteiger partial charge in [-0.1, -0.05) is 40.0 Å². The van der Waals surface area contributed by atoms with Crippen LogP contribution in [0.25, 0.3) is 0 Å². The highest BCUT2D eigenvalue weighted by Crippen LogP contribution is 2.52. The predicted molar refractivity (Wildman–Crippen MR) is 123 cm³/mol. The molecule has 1 aromatic rings. The van der Waals surface area contributed by atoms with Gasteiger partial charge in [-0.15, -0.1) is 0 Å². The average Bonchev–Trinajstić information content (AvgIpc) is 2.97. The van der Waals surface area contributed by atoms with Gasteiger partial charge in [0, 0.05) is 29.8 Å². The first-order chi connectivity index (χ1) is 15.0. The Kier molecular flexibility index (Phi) is 7.16. The van der Waals surface area contributed by atoms with Crippen LogP contribution in [0.4, 0.5) is 10.5 Å². The minimum Gasteiger partial charge on any atom is -0.450 e. The number of carboxylic acid groups (broad SMARTS) is 2. The van der Waals surface area contributed by atoms with Crippen LogP contribution >= 0.6 is 0 Å². The Morgan fingerprint density at radius 3 is 2.16 bits per heavy atom. The molecule has 2 amide bonds. The van der Waals surface area contributed by atoms with E-state index in [1.54, 1.807) is 0 Å². The van der Waals surface area contributed by atoms with Crippen LogP contribution in [-0.4, -0.2) is 45.7 Å². The number of fused-ring (bicyclic) bond motifs is 2. The number of nitrogens with one attached hydrogen (secondary N) is 1. The summed E-state index contributed by atoms with van der Waals surface area (Å²) in [5, 5.41) is 17.0. The van der Waals surface area contributed by atoms with Gasteiger partial charge >= 0.3 is 6.16 Å². The highest BCUT2D eigenvalue weighted by molar-refractivity contribution is 5.96. The third kappa shape index (κ3) is 6.02. The van der Waals surface area contributed by atoms with E-state index in [4.69, 9.17) is 15.0 Å². The first-order valence-corrected chi connectivity index (χ1v) is 11.6. The summed E-state index contributed by atoms with van der Waals surface area (Å²) in [5.74, 6) is 0.405. The van der Waals surface area contributed by atoms with Gasteiger partial charge in [0.25, 0.3) is 5.91 Å². The van der Waals surface area contributed by atoms with Crippen molar-refractivity contribution < 1.29 is 24.6 Å². The summed E-state index contributed by atoms with van der Waals surface area (Å²) < 4.78 is 0. The number of hydrogen-bond acceptors (Lipinski definition) is 3. The summed E-state index contributed by atoms with van der Waals surface area (Å²) in [7, 11) is 0. The van der Waals surface area contributed by atoms with Crippen LogP contribution in [0.1, 0.15) is 82.5 Å². The Hall–Kier alpha value is -2.57. The number of nitrogens with zero attached hydrogens (tertiary/aromatic N) is 1. The number of benzene rings is 1. The number of carbonyl (C=O) groups excluding carboxylic acids is 2. The summed E-state index contributed by atoms with van der Waals surface area (Å²) in [6.45, 7) is 7.85. The molecule has 32 heavy (non-hydrogen) atoms. The molecule has 2 aliphatic carbocycles. The second-order valence-corrected chi connectivity index (χ2v) is 10.8. The zero-order chi connectivity index (χ0) is 23.5. The van der Waals surface area contributed by atoms with Gasteiger partial charge in [0.05, 0.1) is 0 Å². The third-order valence-corrected chi connectivity index (χ3v) is 7.05. The lowest BCUT2D eigenvalue weighted by Crippen LogP contribution is -2.37. The average molecular weight is 445 g/mol. The summed E-state index contributed by atoms with van der Waals surface area (Å²) in [5.41, 5.74) is 2.07. The molecule has 0 radical (unpaired) electrons. The van der Waals surface area contributed by atoms with Crippen LogP contribution in [0, 0.1) is 16.7 Å². The lowest BCUT2D eigenvalue weighted by molar-refractivity contribution is -0.120. The highest BCUT2D eigenvalue weighted by Gasteiger charge is 2.51. The Balaban J connectivity index is 0.000000668. The predicted octanol–water partition coefficient (Wildman–Crippen LogP) is 5.47. The van der Waals surface area contributed by atoms with Gasteiger partial charge < -0.3 is 20.4 Å². The van der Waals surface area contributed by atoms with Crippen molar-refractivity contribution in [3.05, 3.63) is 29.8 Å².